The van der Waals surface area contributed by atoms with E-state index in [4.69, 9.17) is 4.74 Å². The number of fused-ring (bicyclic) bond motifs is 1. The van der Waals surface area contributed by atoms with Crippen LogP contribution in [0.2, 0.25) is 0 Å². The molecule has 2 aliphatic heterocycles. The average molecular weight is 290 g/mol. The molecule has 6 heteroatoms. The van der Waals surface area contributed by atoms with Gasteiger partial charge in [0.25, 0.3) is 0 Å². The van der Waals surface area contributed by atoms with Crippen molar-refractivity contribution >= 4 is 6.03 Å². The lowest BCUT2D eigenvalue weighted by atomic mass is 10.1. The Morgan fingerprint density at radius 3 is 2.62 bits per heavy atom. The van der Waals surface area contributed by atoms with Crippen molar-refractivity contribution < 1.29 is 9.53 Å². The van der Waals surface area contributed by atoms with Gasteiger partial charge >= 0.3 is 6.03 Å². The third kappa shape index (κ3) is 3.00. The topological polar surface area (TPSA) is 58.6 Å². The van der Waals surface area contributed by atoms with E-state index in [-0.39, 0.29) is 6.03 Å². The van der Waals surface area contributed by atoms with Gasteiger partial charge in [0.1, 0.15) is 6.33 Å². The van der Waals surface area contributed by atoms with Crippen LogP contribution in [0.5, 0.6) is 0 Å². The highest BCUT2D eigenvalue weighted by Gasteiger charge is 2.25. The maximum absolute atomic E-state index is 12.6. The minimum absolute atomic E-state index is 0.136. The molecule has 3 rings (SSSR count). The number of ether oxygens (including phenoxy) is 1. The molecule has 1 aromatic rings. The highest BCUT2D eigenvalue weighted by atomic mass is 16.5. The van der Waals surface area contributed by atoms with Crippen molar-refractivity contribution in [3.8, 4) is 0 Å². The SMILES string of the molecule is CCc1ncnc2c1CCN(C(=O)N1CCOCC1)CC2. The lowest BCUT2D eigenvalue weighted by Crippen LogP contribution is -2.48. The number of aryl methyl sites for hydroxylation is 1. The standard InChI is InChI=1S/C15H22N4O2/c1-2-13-12-3-5-18(6-4-14(12)17-11-16-13)15(20)19-7-9-21-10-8-19/h11H,2-10H2,1H3. The van der Waals surface area contributed by atoms with Crippen LogP contribution in [0.3, 0.4) is 0 Å². The van der Waals surface area contributed by atoms with E-state index in [1.54, 1.807) is 6.33 Å². The fourth-order valence-corrected chi connectivity index (χ4v) is 3.04. The number of rotatable bonds is 1. The Balaban J connectivity index is 1.71. The van der Waals surface area contributed by atoms with Crippen LogP contribution in [0.1, 0.15) is 23.9 Å². The summed E-state index contributed by atoms with van der Waals surface area (Å²) in [6.45, 7) is 6.29. The molecule has 0 unspecified atom stereocenters. The van der Waals surface area contributed by atoms with Crippen molar-refractivity contribution in [3.63, 3.8) is 0 Å². The molecule has 0 saturated carbocycles. The van der Waals surface area contributed by atoms with Crippen molar-refractivity contribution in [1.29, 1.82) is 0 Å². The predicted octanol–water partition coefficient (Wildman–Crippen LogP) is 0.892. The van der Waals surface area contributed by atoms with E-state index in [0.29, 0.717) is 26.3 Å². The van der Waals surface area contributed by atoms with Crippen LogP contribution in [-0.4, -0.2) is 65.2 Å². The van der Waals surface area contributed by atoms with Crippen molar-refractivity contribution in [1.82, 2.24) is 19.8 Å². The molecule has 0 atom stereocenters. The first kappa shape index (κ1) is 14.3. The summed E-state index contributed by atoms with van der Waals surface area (Å²) >= 11 is 0. The summed E-state index contributed by atoms with van der Waals surface area (Å²) in [5.74, 6) is 0. The maximum Gasteiger partial charge on any atom is 0.320 e. The molecule has 2 amide bonds. The van der Waals surface area contributed by atoms with Crippen molar-refractivity contribution in [2.75, 3.05) is 39.4 Å². The van der Waals surface area contributed by atoms with Gasteiger partial charge in [0, 0.05) is 44.0 Å². The zero-order valence-electron chi connectivity index (χ0n) is 12.5. The number of morpholine rings is 1. The van der Waals surface area contributed by atoms with Crippen LogP contribution in [0.25, 0.3) is 0 Å². The minimum atomic E-state index is 0.136. The highest BCUT2D eigenvalue weighted by molar-refractivity contribution is 5.74. The van der Waals surface area contributed by atoms with Gasteiger partial charge in [-0.25, -0.2) is 14.8 Å². The molecule has 0 radical (unpaired) electrons. The molecule has 0 spiro atoms. The van der Waals surface area contributed by atoms with Gasteiger partial charge in [0.05, 0.1) is 13.2 Å². The monoisotopic (exact) mass is 290 g/mol. The predicted molar refractivity (Wildman–Crippen MR) is 78.2 cm³/mol. The second kappa shape index (κ2) is 6.39. The van der Waals surface area contributed by atoms with E-state index in [0.717, 1.165) is 43.7 Å². The maximum atomic E-state index is 12.6. The lowest BCUT2D eigenvalue weighted by Gasteiger charge is -2.32. The molecule has 1 fully saturated rings. The van der Waals surface area contributed by atoms with Crippen LogP contribution in [0.4, 0.5) is 4.79 Å². The number of hydrogen-bond acceptors (Lipinski definition) is 4. The van der Waals surface area contributed by atoms with E-state index >= 15 is 0 Å². The second-order valence-electron chi connectivity index (χ2n) is 5.47. The van der Waals surface area contributed by atoms with E-state index in [9.17, 15) is 4.79 Å². The summed E-state index contributed by atoms with van der Waals surface area (Å²) in [7, 11) is 0. The Labute approximate surface area is 125 Å². The largest absolute Gasteiger partial charge is 0.378 e. The number of aromatic nitrogens is 2. The molecule has 0 N–H and O–H groups in total. The van der Waals surface area contributed by atoms with Gasteiger partial charge in [-0.15, -0.1) is 0 Å². The summed E-state index contributed by atoms with van der Waals surface area (Å²) in [5, 5.41) is 0. The fraction of sp³-hybridized carbons (Fsp3) is 0.667. The van der Waals surface area contributed by atoms with Gasteiger partial charge in [-0.3, -0.25) is 0 Å². The van der Waals surface area contributed by atoms with Crippen LogP contribution in [0.15, 0.2) is 6.33 Å². The second-order valence-corrected chi connectivity index (χ2v) is 5.47. The summed E-state index contributed by atoms with van der Waals surface area (Å²) in [5.41, 5.74) is 3.48. The van der Waals surface area contributed by atoms with Crippen LogP contribution in [0, 0.1) is 0 Å². The third-order valence-electron chi connectivity index (χ3n) is 4.26. The van der Waals surface area contributed by atoms with Crippen LogP contribution in [-0.2, 0) is 24.0 Å². The van der Waals surface area contributed by atoms with Crippen molar-refractivity contribution in [3.05, 3.63) is 23.3 Å². The zero-order valence-corrected chi connectivity index (χ0v) is 12.5. The summed E-state index contributed by atoms with van der Waals surface area (Å²) in [4.78, 5) is 25.2. The molecule has 2 aliphatic rings. The molecule has 1 aromatic heterocycles. The lowest BCUT2D eigenvalue weighted by molar-refractivity contribution is 0.0436. The summed E-state index contributed by atoms with van der Waals surface area (Å²) < 4.78 is 5.31. The molecular formula is C15H22N4O2. The van der Waals surface area contributed by atoms with Gasteiger partial charge in [0.15, 0.2) is 0 Å². The van der Waals surface area contributed by atoms with E-state index < -0.39 is 0 Å². The number of amides is 2. The Hall–Kier alpha value is -1.69. The van der Waals surface area contributed by atoms with Crippen LogP contribution < -0.4 is 0 Å². The first-order valence-electron chi connectivity index (χ1n) is 7.72. The first-order chi connectivity index (χ1) is 10.3. The van der Waals surface area contributed by atoms with Gasteiger partial charge < -0.3 is 14.5 Å². The fourth-order valence-electron chi connectivity index (χ4n) is 3.04. The molecule has 0 aromatic carbocycles. The Kier molecular flexibility index (Phi) is 4.34. The van der Waals surface area contributed by atoms with Gasteiger partial charge in [-0.05, 0) is 18.4 Å². The molecule has 3 heterocycles. The van der Waals surface area contributed by atoms with E-state index in [1.165, 1.54) is 5.56 Å². The van der Waals surface area contributed by atoms with E-state index in [2.05, 4.69) is 16.9 Å². The Morgan fingerprint density at radius 1 is 1.14 bits per heavy atom. The summed E-state index contributed by atoms with van der Waals surface area (Å²) in [6.07, 6.45) is 4.25. The van der Waals surface area contributed by atoms with Gasteiger partial charge in [-0.2, -0.15) is 0 Å². The van der Waals surface area contributed by atoms with Gasteiger partial charge in [0.2, 0.25) is 0 Å². The molecule has 0 bridgehead atoms. The highest BCUT2D eigenvalue weighted by Crippen LogP contribution is 2.18. The third-order valence-corrected chi connectivity index (χ3v) is 4.26. The number of nitrogens with zero attached hydrogens (tertiary/aromatic N) is 4. The van der Waals surface area contributed by atoms with Crippen LogP contribution >= 0.6 is 0 Å². The normalized spacial score (nSPS) is 19.1. The van der Waals surface area contributed by atoms with E-state index in [1.807, 2.05) is 9.80 Å². The first-order valence-corrected chi connectivity index (χ1v) is 7.72. The van der Waals surface area contributed by atoms with Crippen molar-refractivity contribution in [2.24, 2.45) is 0 Å². The molecule has 6 nitrogen and oxygen atoms in total. The number of urea groups is 1. The number of hydrogen-bond donors (Lipinski definition) is 0. The zero-order chi connectivity index (χ0) is 14.7. The number of carbonyl (C=O) groups excluding carboxylic acids is 1. The van der Waals surface area contributed by atoms with Gasteiger partial charge in [-0.1, -0.05) is 6.92 Å². The minimum Gasteiger partial charge on any atom is -0.378 e. The number of carbonyl (C=O) groups is 1. The molecule has 1 saturated heterocycles. The Morgan fingerprint density at radius 2 is 1.86 bits per heavy atom. The molecular weight excluding hydrogens is 268 g/mol. The smallest absolute Gasteiger partial charge is 0.320 e. The Bertz CT molecular complexity index is 514. The molecule has 0 aliphatic carbocycles. The summed E-state index contributed by atoms with van der Waals surface area (Å²) in [6, 6.07) is 0.136. The molecule has 114 valence electrons. The quantitative estimate of drug-likeness (QED) is 0.771. The molecule has 21 heavy (non-hydrogen) atoms. The average Bonchev–Trinajstić information content (AvgIpc) is 2.77. The van der Waals surface area contributed by atoms with Crippen molar-refractivity contribution in [2.45, 2.75) is 26.2 Å².